The van der Waals surface area contributed by atoms with Crippen LogP contribution in [-0.2, 0) is 0 Å². The summed E-state index contributed by atoms with van der Waals surface area (Å²) in [5.74, 6) is 4.26. The summed E-state index contributed by atoms with van der Waals surface area (Å²) in [6.45, 7) is 3.72. The maximum atomic E-state index is 13.2. The molecule has 0 aliphatic carbocycles. The highest BCUT2D eigenvalue weighted by atomic mass is 32.1. The Morgan fingerprint density at radius 1 is 1.22 bits per heavy atom. The first-order valence-corrected chi connectivity index (χ1v) is 6.19. The second-order valence-corrected chi connectivity index (χ2v) is 5.22. The summed E-state index contributed by atoms with van der Waals surface area (Å²) in [4.78, 5) is 5.15. The van der Waals surface area contributed by atoms with Crippen LogP contribution in [-0.4, -0.2) is 4.98 Å². The number of aromatic nitrogens is 1. The van der Waals surface area contributed by atoms with Gasteiger partial charge in [-0.25, -0.2) is 19.2 Å². The molecule has 0 saturated carbocycles. The number of thiazole rings is 1. The van der Waals surface area contributed by atoms with E-state index < -0.39 is 17.7 Å². The first-order valence-electron chi connectivity index (χ1n) is 5.37. The molecule has 1 atom stereocenters. The third-order valence-electron chi connectivity index (χ3n) is 2.59. The van der Waals surface area contributed by atoms with Gasteiger partial charge < -0.3 is 0 Å². The van der Waals surface area contributed by atoms with E-state index in [0.717, 1.165) is 21.6 Å². The van der Waals surface area contributed by atoms with Gasteiger partial charge in [0.25, 0.3) is 0 Å². The van der Waals surface area contributed by atoms with Gasteiger partial charge >= 0.3 is 0 Å². The van der Waals surface area contributed by atoms with Crippen molar-refractivity contribution in [2.24, 2.45) is 5.84 Å². The number of rotatable bonds is 3. The van der Waals surface area contributed by atoms with E-state index in [1.807, 2.05) is 13.8 Å². The molecule has 1 aromatic carbocycles. The number of hydrogen-bond donors (Lipinski definition) is 2. The van der Waals surface area contributed by atoms with Crippen LogP contribution >= 0.6 is 11.3 Å². The summed E-state index contributed by atoms with van der Waals surface area (Å²) in [6.07, 6.45) is 0. The van der Waals surface area contributed by atoms with Crippen molar-refractivity contribution in [1.82, 2.24) is 10.4 Å². The fourth-order valence-corrected chi connectivity index (χ4v) is 2.90. The largest absolute Gasteiger partial charge is 0.271 e. The van der Waals surface area contributed by atoms with Crippen molar-refractivity contribution in [2.45, 2.75) is 19.9 Å². The number of benzene rings is 1. The van der Waals surface area contributed by atoms with E-state index in [2.05, 4.69) is 10.4 Å². The van der Waals surface area contributed by atoms with Crippen molar-refractivity contribution in [2.75, 3.05) is 0 Å². The van der Waals surface area contributed by atoms with E-state index in [0.29, 0.717) is 5.56 Å². The third kappa shape index (κ3) is 2.55. The maximum absolute atomic E-state index is 13.2. The first kappa shape index (κ1) is 13.1. The van der Waals surface area contributed by atoms with Crippen molar-refractivity contribution in [3.63, 3.8) is 0 Å². The Morgan fingerprint density at radius 3 is 2.28 bits per heavy atom. The highest BCUT2D eigenvalue weighted by Crippen LogP contribution is 2.30. The lowest BCUT2D eigenvalue weighted by Gasteiger charge is -2.15. The van der Waals surface area contributed by atoms with Gasteiger partial charge in [0.15, 0.2) is 0 Å². The van der Waals surface area contributed by atoms with E-state index in [4.69, 9.17) is 5.84 Å². The van der Waals surface area contributed by atoms with Gasteiger partial charge in [0, 0.05) is 6.07 Å². The minimum absolute atomic E-state index is 0.446. The number of halogens is 2. The molecule has 0 fully saturated rings. The normalized spacial score (nSPS) is 12.7. The van der Waals surface area contributed by atoms with Gasteiger partial charge in [0.2, 0.25) is 0 Å². The van der Waals surface area contributed by atoms with Gasteiger partial charge in [-0.3, -0.25) is 5.84 Å². The molecule has 0 bridgehead atoms. The molecule has 1 heterocycles. The minimum Gasteiger partial charge on any atom is -0.271 e. The zero-order valence-electron chi connectivity index (χ0n) is 10.00. The van der Waals surface area contributed by atoms with Gasteiger partial charge in [-0.05, 0) is 31.5 Å². The predicted octanol–water partition coefficient (Wildman–Crippen LogP) is 2.59. The van der Waals surface area contributed by atoms with E-state index in [-0.39, 0.29) is 0 Å². The summed E-state index contributed by atoms with van der Waals surface area (Å²) in [6, 6.07) is 2.91. The topological polar surface area (TPSA) is 50.9 Å². The standard InChI is InChI=1S/C12H13F2N3S/c1-6-12(18-7(2)16-6)11(17-15)8-3-9(13)5-10(14)4-8/h3-5,11,17H,15H2,1-2H3. The van der Waals surface area contributed by atoms with Crippen LogP contribution in [0.2, 0.25) is 0 Å². The molecular weight excluding hydrogens is 256 g/mol. The lowest BCUT2D eigenvalue weighted by atomic mass is 10.0. The van der Waals surface area contributed by atoms with Gasteiger partial charge in [0.1, 0.15) is 11.6 Å². The van der Waals surface area contributed by atoms with Crippen molar-refractivity contribution < 1.29 is 8.78 Å². The second-order valence-electron chi connectivity index (χ2n) is 3.99. The highest BCUT2D eigenvalue weighted by Gasteiger charge is 2.19. The highest BCUT2D eigenvalue weighted by molar-refractivity contribution is 7.11. The number of aryl methyl sites for hydroxylation is 2. The van der Waals surface area contributed by atoms with Crippen LogP contribution in [0.25, 0.3) is 0 Å². The van der Waals surface area contributed by atoms with Gasteiger partial charge in [-0.2, -0.15) is 0 Å². The number of nitrogens with two attached hydrogens (primary N) is 1. The van der Waals surface area contributed by atoms with Crippen LogP contribution in [0.5, 0.6) is 0 Å². The van der Waals surface area contributed by atoms with Crippen molar-refractivity contribution in [3.05, 3.63) is 51.0 Å². The molecule has 0 saturated heterocycles. The average Bonchev–Trinajstić information content (AvgIpc) is 2.58. The molecule has 3 nitrogen and oxygen atoms in total. The fourth-order valence-electron chi connectivity index (χ4n) is 1.88. The summed E-state index contributed by atoms with van der Waals surface area (Å²) in [7, 11) is 0. The molecule has 96 valence electrons. The Kier molecular flexibility index (Phi) is 3.70. The lowest BCUT2D eigenvalue weighted by Crippen LogP contribution is -2.28. The van der Waals surface area contributed by atoms with E-state index >= 15 is 0 Å². The second kappa shape index (κ2) is 5.09. The molecule has 3 N–H and O–H groups in total. The molecule has 1 aromatic heterocycles. The smallest absolute Gasteiger partial charge is 0.126 e. The SMILES string of the molecule is Cc1nc(C)c(C(NN)c2cc(F)cc(F)c2)s1. The minimum atomic E-state index is -0.621. The van der Waals surface area contributed by atoms with E-state index in [9.17, 15) is 8.78 Å². The molecule has 0 amide bonds. The van der Waals surface area contributed by atoms with Gasteiger partial charge in [-0.15, -0.1) is 11.3 Å². The molecule has 6 heteroatoms. The fraction of sp³-hybridized carbons (Fsp3) is 0.250. The van der Waals surface area contributed by atoms with Gasteiger partial charge in [0.05, 0.1) is 21.6 Å². The molecule has 1 unspecified atom stereocenters. The summed E-state index contributed by atoms with van der Waals surface area (Å²) < 4.78 is 26.5. The molecular formula is C12H13F2N3S. The van der Waals surface area contributed by atoms with E-state index in [1.54, 1.807) is 0 Å². The number of hydrazine groups is 1. The van der Waals surface area contributed by atoms with Crippen LogP contribution in [0, 0.1) is 25.5 Å². The van der Waals surface area contributed by atoms with Gasteiger partial charge in [-0.1, -0.05) is 0 Å². The third-order valence-corrected chi connectivity index (χ3v) is 3.72. The number of hydrogen-bond acceptors (Lipinski definition) is 4. The molecule has 0 aliphatic rings. The Morgan fingerprint density at radius 2 is 1.83 bits per heavy atom. The van der Waals surface area contributed by atoms with Crippen LogP contribution in [0.4, 0.5) is 8.78 Å². The zero-order valence-corrected chi connectivity index (χ0v) is 10.8. The summed E-state index contributed by atoms with van der Waals surface area (Å²) in [5.41, 5.74) is 3.84. The van der Waals surface area contributed by atoms with Crippen LogP contribution < -0.4 is 11.3 Å². The Labute approximate surface area is 108 Å². The van der Waals surface area contributed by atoms with Crippen molar-refractivity contribution >= 4 is 11.3 Å². The van der Waals surface area contributed by atoms with E-state index in [1.165, 1.54) is 23.5 Å². The molecule has 2 aromatic rings. The predicted molar refractivity (Wildman–Crippen MR) is 67.1 cm³/mol. The zero-order chi connectivity index (χ0) is 13.3. The van der Waals surface area contributed by atoms with Crippen LogP contribution in [0.1, 0.15) is 27.2 Å². The average molecular weight is 269 g/mol. The summed E-state index contributed by atoms with van der Waals surface area (Å²) >= 11 is 1.46. The quantitative estimate of drug-likeness (QED) is 0.665. The molecule has 0 radical (unpaired) electrons. The maximum Gasteiger partial charge on any atom is 0.126 e. The first-order chi connectivity index (χ1) is 8.51. The molecule has 18 heavy (non-hydrogen) atoms. The van der Waals surface area contributed by atoms with Crippen molar-refractivity contribution in [1.29, 1.82) is 0 Å². The summed E-state index contributed by atoms with van der Waals surface area (Å²) in [5, 5.41) is 0.889. The molecule has 0 aliphatic heterocycles. The Hall–Kier alpha value is -1.37. The van der Waals surface area contributed by atoms with Crippen molar-refractivity contribution in [3.8, 4) is 0 Å². The molecule has 2 rings (SSSR count). The lowest BCUT2D eigenvalue weighted by molar-refractivity contribution is 0.567. The monoisotopic (exact) mass is 269 g/mol. The van der Waals surface area contributed by atoms with Crippen LogP contribution in [0.3, 0.4) is 0 Å². The Bertz CT molecular complexity index is 548. The molecule has 0 spiro atoms. The number of nitrogens with one attached hydrogen (secondary N) is 1. The van der Waals surface area contributed by atoms with Crippen LogP contribution in [0.15, 0.2) is 18.2 Å². The Balaban J connectivity index is 2.48. The number of nitrogens with zero attached hydrogens (tertiary/aromatic N) is 1.